The first-order chi connectivity index (χ1) is 10.2. The van der Waals surface area contributed by atoms with Gasteiger partial charge in [0.15, 0.2) is 10.8 Å². The topological polar surface area (TPSA) is 67.2 Å². The van der Waals surface area contributed by atoms with Gasteiger partial charge in [-0.3, -0.25) is 4.79 Å². The van der Waals surface area contributed by atoms with Crippen molar-refractivity contribution in [2.24, 2.45) is 5.92 Å². The van der Waals surface area contributed by atoms with E-state index in [1.807, 2.05) is 19.1 Å². The van der Waals surface area contributed by atoms with E-state index in [1.165, 1.54) is 17.8 Å². The Kier molecular flexibility index (Phi) is 5.99. The lowest BCUT2D eigenvalue weighted by Gasteiger charge is -2.08. The van der Waals surface area contributed by atoms with Crippen molar-refractivity contribution >= 4 is 29.7 Å². The smallest absolute Gasteiger partial charge is 0.270 e. The van der Waals surface area contributed by atoms with Gasteiger partial charge in [-0.2, -0.15) is 0 Å². The number of thiazole rings is 1. The van der Waals surface area contributed by atoms with E-state index < -0.39 is 0 Å². The van der Waals surface area contributed by atoms with E-state index in [0.717, 1.165) is 30.3 Å². The number of halogens is 1. The summed E-state index contributed by atoms with van der Waals surface area (Å²) in [5.74, 6) is 2.14. The summed E-state index contributed by atoms with van der Waals surface area (Å²) < 4.78 is 5.52. The van der Waals surface area contributed by atoms with Crippen LogP contribution in [0.2, 0.25) is 0 Å². The zero-order chi connectivity index (χ0) is 14.7. The molecule has 120 valence electrons. The SMILES string of the molecule is Cc1ccc(-c2nc(C(=O)NCCC3CCNC3)cs2)o1.Cl. The average Bonchev–Trinajstić information content (AvgIpc) is 3.19. The number of carbonyl (C=O) groups is 1. The molecule has 0 spiro atoms. The predicted molar refractivity (Wildman–Crippen MR) is 89.7 cm³/mol. The van der Waals surface area contributed by atoms with Crippen molar-refractivity contribution in [2.45, 2.75) is 19.8 Å². The Morgan fingerprint density at radius 2 is 2.41 bits per heavy atom. The van der Waals surface area contributed by atoms with Crippen molar-refractivity contribution in [3.8, 4) is 10.8 Å². The van der Waals surface area contributed by atoms with Crippen LogP contribution in [0.1, 0.15) is 29.1 Å². The second kappa shape index (κ2) is 7.76. The molecule has 1 amide bonds. The predicted octanol–water partition coefficient (Wildman–Crippen LogP) is 2.86. The molecule has 5 nitrogen and oxygen atoms in total. The van der Waals surface area contributed by atoms with Gasteiger partial charge in [0.25, 0.3) is 5.91 Å². The van der Waals surface area contributed by atoms with Gasteiger partial charge in [-0.25, -0.2) is 4.98 Å². The van der Waals surface area contributed by atoms with E-state index in [-0.39, 0.29) is 18.3 Å². The first kappa shape index (κ1) is 17.0. The van der Waals surface area contributed by atoms with Crippen LogP contribution in [0.3, 0.4) is 0 Å². The molecule has 0 radical (unpaired) electrons. The maximum atomic E-state index is 12.1. The molecule has 0 aromatic carbocycles. The second-order valence-corrected chi connectivity index (χ2v) is 6.21. The number of aromatic nitrogens is 1. The minimum absolute atomic E-state index is 0. The number of amides is 1. The Hall–Kier alpha value is -1.37. The Balaban J connectivity index is 0.00000176. The molecule has 1 fully saturated rings. The number of furan rings is 1. The van der Waals surface area contributed by atoms with Crippen molar-refractivity contribution in [3.63, 3.8) is 0 Å². The Bertz CT molecular complexity index is 620. The molecular weight excluding hydrogens is 322 g/mol. The van der Waals surface area contributed by atoms with Crippen LogP contribution in [0.5, 0.6) is 0 Å². The maximum absolute atomic E-state index is 12.1. The lowest BCUT2D eigenvalue weighted by atomic mass is 10.1. The lowest BCUT2D eigenvalue weighted by molar-refractivity contribution is 0.0947. The van der Waals surface area contributed by atoms with Crippen LogP contribution in [-0.4, -0.2) is 30.5 Å². The van der Waals surface area contributed by atoms with E-state index >= 15 is 0 Å². The van der Waals surface area contributed by atoms with Crippen molar-refractivity contribution in [2.75, 3.05) is 19.6 Å². The molecule has 2 aromatic heterocycles. The highest BCUT2D eigenvalue weighted by molar-refractivity contribution is 7.13. The molecule has 2 aromatic rings. The van der Waals surface area contributed by atoms with Crippen LogP contribution < -0.4 is 10.6 Å². The van der Waals surface area contributed by atoms with Gasteiger partial charge >= 0.3 is 0 Å². The normalized spacial score (nSPS) is 17.2. The van der Waals surface area contributed by atoms with Crippen LogP contribution in [0.25, 0.3) is 10.8 Å². The third kappa shape index (κ3) is 4.09. The molecule has 1 unspecified atom stereocenters. The number of nitrogens with zero attached hydrogens (tertiary/aromatic N) is 1. The Labute approximate surface area is 139 Å². The van der Waals surface area contributed by atoms with Crippen LogP contribution in [0, 0.1) is 12.8 Å². The van der Waals surface area contributed by atoms with E-state index in [9.17, 15) is 4.79 Å². The van der Waals surface area contributed by atoms with Gasteiger partial charge in [0.05, 0.1) is 0 Å². The van der Waals surface area contributed by atoms with Crippen LogP contribution in [0.4, 0.5) is 0 Å². The fourth-order valence-corrected chi connectivity index (χ4v) is 3.24. The molecule has 1 aliphatic heterocycles. The zero-order valence-electron chi connectivity index (χ0n) is 12.4. The summed E-state index contributed by atoms with van der Waals surface area (Å²) in [7, 11) is 0. The molecule has 3 rings (SSSR count). The van der Waals surface area contributed by atoms with Crippen LogP contribution >= 0.6 is 23.7 Å². The molecule has 2 N–H and O–H groups in total. The van der Waals surface area contributed by atoms with Gasteiger partial charge < -0.3 is 15.1 Å². The van der Waals surface area contributed by atoms with Crippen molar-refractivity contribution in [3.05, 3.63) is 29.0 Å². The number of hydrogen-bond donors (Lipinski definition) is 2. The first-order valence-electron chi connectivity index (χ1n) is 7.23. The number of rotatable bonds is 5. The third-order valence-electron chi connectivity index (χ3n) is 3.69. The standard InChI is InChI=1S/C15H19N3O2S.ClH/c1-10-2-3-13(20-10)15-18-12(9-21-15)14(19)17-7-5-11-4-6-16-8-11;/h2-3,9,11,16H,4-8H2,1H3,(H,17,19);1H. The van der Waals surface area contributed by atoms with Crippen molar-refractivity contribution in [1.29, 1.82) is 0 Å². The third-order valence-corrected chi connectivity index (χ3v) is 4.55. The summed E-state index contributed by atoms with van der Waals surface area (Å²) in [5, 5.41) is 8.80. The number of nitrogens with one attached hydrogen (secondary N) is 2. The Morgan fingerprint density at radius 3 is 3.09 bits per heavy atom. The van der Waals surface area contributed by atoms with Gasteiger partial charge in [-0.05, 0) is 50.9 Å². The molecule has 3 heterocycles. The van der Waals surface area contributed by atoms with E-state index in [1.54, 1.807) is 5.38 Å². The summed E-state index contributed by atoms with van der Waals surface area (Å²) in [4.78, 5) is 16.4. The summed E-state index contributed by atoms with van der Waals surface area (Å²) in [5.41, 5.74) is 0.466. The molecule has 1 saturated heterocycles. The van der Waals surface area contributed by atoms with Crippen LogP contribution in [-0.2, 0) is 0 Å². The van der Waals surface area contributed by atoms with Gasteiger partial charge in [0.2, 0.25) is 0 Å². The van der Waals surface area contributed by atoms with Gasteiger partial charge in [0, 0.05) is 11.9 Å². The molecular formula is C15H20ClN3O2S. The monoisotopic (exact) mass is 341 g/mol. The zero-order valence-corrected chi connectivity index (χ0v) is 14.1. The molecule has 0 saturated carbocycles. The highest BCUT2D eigenvalue weighted by Crippen LogP contribution is 2.25. The number of carbonyl (C=O) groups excluding carboxylic acids is 1. The van der Waals surface area contributed by atoms with Crippen molar-refractivity contribution in [1.82, 2.24) is 15.6 Å². The van der Waals surface area contributed by atoms with Gasteiger partial charge in [-0.15, -0.1) is 23.7 Å². The fraction of sp³-hybridized carbons (Fsp3) is 0.467. The van der Waals surface area contributed by atoms with E-state index in [4.69, 9.17) is 4.42 Å². The molecule has 0 aliphatic carbocycles. The summed E-state index contributed by atoms with van der Waals surface area (Å²) in [6, 6.07) is 3.77. The fourth-order valence-electron chi connectivity index (χ4n) is 2.48. The highest BCUT2D eigenvalue weighted by Gasteiger charge is 2.16. The minimum atomic E-state index is -0.105. The van der Waals surface area contributed by atoms with E-state index in [0.29, 0.717) is 23.9 Å². The number of aryl methyl sites for hydroxylation is 1. The summed E-state index contributed by atoms with van der Waals surface area (Å²) in [6.45, 7) is 4.76. The maximum Gasteiger partial charge on any atom is 0.270 e. The molecule has 1 aliphatic rings. The quantitative estimate of drug-likeness (QED) is 0.877. The minimum Gasteiger partial charge on any atom is -0.459 e. The lowest BCUT2D eigenvalue weighted by Crippen LogP contribution is -2.26. The van der Waals surface area contributed by atoms with Crippen LogP contribution in [0.15, 0.2) is 21.9 Å². The second-order valence-electron chi connectivity index (χ2n) is 5.35. The van der Waals surface area contributed by atoms with Crippen molar-refractivity contribution < 1.29 is 9.21 Å². The Morgan fingerprint density at radius 1 is 1.55 bits per heavy atom. The summed E-state index contributed by atoms with van der Waals surface area (Å²) in [6.07, 6.45) is 2.22. The first-order valence-corrected chi connectivity index (χ1v) is 8.11. The number of hydrogen-bond acceptors (Lipinski definition) is 5. The largest absolute Gasteiger partial charge is 0.459 e. The van der Waals surface area contributed by atoms with E-state index in [2.05, 4.69) is 15.6 Å². The molecule has 1 atom stereocenters. The van der Waals surface area contributed by atoms with Gasteiger partial charge in [-0.1, -0.05) is 0 Å². The highest BCUT2D eigenvalue weighted by atomic mass is 35.5. The molecule has 22 heavy (non-hydrogen) atoms. The molecule has 0 bridgehead atoms. The summed E-state index contributed by atoms with van der Waals surface area (Å²) >= 11 is 1.43. The molecule has 7 heteroatoms. The average molecular weight is 342 g/mol. The van der Waals surface area contributed by atoms with Gasteiger partial charge in [0.1, 0.15) is 11.5 Å².